The molecular formula is C20H23F3N4O. The number of anilines is 1. The topological polar surface area (TPSA) is 58.1 Å². The maximum atomic E-state index is 12.7. The standard InChI is InChI=1S/C20H23F3N4O/c1-14(15-5-7-16(8-6-15)20(21,22)23)12-18(28)26-17-4-2-11-27(13-17)19-24-9-3-10-25-19/h3,5-10,14,17H,2,4,11-13H2,1H3,(H,26,28). The van der Waals surface area contributed by atoms with Gasteiger partial charge >= 0.3 is 6.18 Å². The molecule has 2 heterocycles. The highest BCUT2D eigenvalue weighted by Gasteiger charge is 2.30. The van der Waals surface area contributed by atoms with Crippen molar-refractivity contribution in [2.75, 3.05) is 18.0 Å². The zero-order chi connectivity index (χ0) is 20.1. The number of nitrogens with zero attached hydrogens (tertiary/aromatic N) is 3. The number of rotatable bonds is 5. The molecule has 1 aliphatic rings. The molecule has 1 amide bonds. The summed E-state index contributed by atoms with van der Waals surface area (Å²) in [5.41, 5.74) is 0.0319. The van der Waals surface area contributed by atoms with Crippen LogP contribution in [0.2, 0.25) is 0 Å². The van der Waals surface area contributed by atoms with Crippen LogP contribution in [0.25, 0.3) is 0 Å². The number of hydrogen-bond acceptors (Lipinski definition) is 4. The molecule has 0 radical (unpaired) electrons. The molecule has 0 spiro atoms. The van der Waals surface area contributed by atoms with Crippen LogP contribution in [0.5, 0.6) is 0 Å². The summed E-state index contributed by atoms with van der Waals surface area (Å²) in [6.07, 6.45) is 1.06. The summed E-state index contributed by atoms with van der Waals surface area (Å²) in [5.74, 6) is 0.382. The Morgan fingerprint density at radius 2 is 1.93 bits per heavy atom. The van der Waals surface area contributed by atoms with Crippen LogP contribution in [0.15, 0.2) is 42.7 Å². The summed E-state index contributed by atoms with van der Waals surface area (Å²) in [6, 6.07) is 6.76. The minimum absolute atomic E-state index is 0.00450. The second-order valence-corrected chi connectivity index (χ2v) is 7.13. The maximum absolute atomic E-state index is 12.7. The van der Waals surface area contributed by atoms with Gasteiger partial charge < -0.3 is 10.2 Å². The van der Waals surface area contributed by atoms with Crippen LogP contribution in [0, 0.1) is 0 Å². The number of alkyl halides is 3. The molecule has 3 rings (SSSR count). The fourth-order valence-electron chi connectivity index (χ4n) is 3.41. The van der Waals surface area contributed by atoms with Gasteiger partial charge in [0.05, 0.1) is 5.56 Å². The van der Waals surface area contributed by atoms with Gasteiger partial charge in [-0.25, -0.2) is 9.97 Å². The van der Waals surface area contributed by atoms with Crippen LogP contribution in [0.3, 0.4) is 0 Å². The lowest BCUT2D eigenvalue weighted by Gasteiger charge is -2.33. The lowest BCUT2D eigenvalue weighted by molar-refractivity contribution is -0.137. The summed E-state index contributed by atoms with van der Waals surface area (Å²) in [5, 5.41) is 3.04. The summed E-state index contributed by atoms with van der Waals surface area (Å²) in [4.78, 5) is 23.0. The Hall–Kier alpha value is -2.64. The number of hydrogen-bond donors (Lipinski definition) is 1. The molecule has 0 aliphatic carbocycles. The molecule has 1 aromatic carbocycles. The Kier molecular flexibility index (Phi) is 6.16. The first kappa shape index (κ1) is 20.1. The molecule has 2 atom stereocenters. The number of benzene rings is 1. The van der Waals surface area contributed by atoms with Crippen molar-refractivity contribution in [1.82, 2.24) is 15.3 Å². The third-order valence-corrected chi connectivity index (χ3v) is 4.92. The summed E-state index contributed by atoms with van der Waals surface area (Å²) < 4.78 is 38.0. The van der Waals surface area contributed by atoms with E-state index in [-0.39, 0.29) is 24.3 Å². The zero-order valence-corrected chi connectivity index (χ0v) is 15.6. The van der Waals surface area contributed by atoms with Crippen molar-refractivity contribution in [3.05, 3.63) is 53.9 Å². The molecule has 8 heteroatoms. The number of carbonyl (C=O) groups excluding carboxylic acids is 1. The van der Waals surface area contributed by atoms with Crippen LogP contribution < -0.4 is 10.2 Å². The minimum atomic E-state index is -4.35. The van der Waals surface area contributed by atoms with E-state index in [9.17, 15) is 18.0 Å². The van der Waals surface area contributed by atoms with E-state index < -0.39 is 11.7 Å². The molecule has 0 bridgehead atoms. The average Bonchev–Trinajstić information content (AvgIpc) is 2.68. The Bertz CT molecular complexity index is 780. The van der Waals surface area contributed by atoms with Crippen molar-refractivity contribution in [2.45, 2.75) is 44.3 Å². The SMILES string of the molecule is CC(CC(=O)NC1CCCN(c2ncccn2)C1)c1ccc(C(F)(F)F)cc1. The van der Waals surface area contributed by atoms with Gasteiger partial charge in [0, 0.05) is 37.9 Å². The van der Waals surface area contributed by atoms with E-state index in [0.29, 0.717) is 18.1 Å². The molecule has 28 heavy (non-hydrogen) atoms. The fraction of sp³-hybridized carbons (Fsp3) is 0.450. The van der Waals surface area contributed by atoms with Gasteiger partial charge in [0.15, 0.2) is 0 Å². The van der Waals surface area contributed by atoms with Crippen LogP contribution in [-0.2, 0) is 11.0 Å². The Morgan fingerprint density at radius 3 is 2.57 bits per heavy atom. The second kappa shape index (κ2) is 8.58. The molecule has 0 saturated carbocycles. The number of aromatic nitrogens is 2. The number of halogens is 3. The molecule has 150 valence electrons. The predicted molar refractivity (Wildman–Crippen MR) is 99.9 cm³/mol. The molecule has 1 N–H and O–H groups in total. The molecular weight excluding hydrogens is 369 g/mol. The predicted octanol–water partition coefficient (Wildman–Crippen LogP) is 3.77. The number of piperidine rings is 1. The molecule has 2 aromatic rings. The average molecular weight is 392 g/mol. The van der Waals surface area contributed by atoms with Gasteiger partial charge in [-0.2, -0.15) is 13.2 Å². The molecule has 1 aromatic heterocycles. The fourth-order valence-corrected chi connectivity index (χ4v) is 3.41. The van der Waals surface area contributed by atoms with Crippen LogP contribution >= 0.6 is 0 Å². The summed E-state index contributed by atoms with van der Waals surface area (Å²) >= 11 is 0. The Labute approximate surface area is 162 Å². The summed E-state index contributed by atoms with van der Waals surface area (Å²) in [6.45, 7) is 3.33. The highest BCUT2D eigenvalue weighted by molar-refractivity contribution is 5.77. The van der Waals surface area contributed by atoms with Gasteiger partial charge in [-0.1, -0.05) is 19.1 Å². The van der Waals surface area contributed by atoms with Gasteiger partial charge in [-0.15, -0.1) is 0 Å². The Morgan fingerprint density at radius 1 is 1.25 bits per heavy atom. The van der Waals surface area contributed by atoms with Crippen molar-refractivity contribution < 1.29 is 18.0 Å². The van der Waals surface area contributed by atoms with Gasteiger partial charge in [0.25, 0.3) is 0 Å². The van der Waals surface area contributed by atoms with E-state index in [2.05, 4.69) is 15.3 Å². The summed E-state index contributed by atoms with van der Waals surface area (Å²) in [7, 11) is 0. The van der Waals surface area contributed by atoms with Gasteiger partial charge in [-0.05, 0) is 42.5 Å². The van der Waals surface area contributed by atoms with Crippen molar-refractivity contribution in [2.24, 2.45) is 0 Å². The van der Waals surface area contributed by atoms with E-state index in [1.54, 1.807) is 18.5 Å². The van der Waals surface area contributed by atoms with Gasteiger partial charge in [-0.3, -0.25) is 4.79 Å². The highest BCUT2D eigenvalue weighted by Crippen LogP contribution is 2.30. The first-order valence-corrected chi connectivity index (χ1v) is 9.31. The van der Waals surface area contributed by atoms with E-state index >= 15 is 0 Å². The van der Waals surface area contributed by atoms with Crippen LogP contribution in [-0.4, -0.2) is 35.0 Å². The van der Waals surface area contributed by atoms with Crippen molar-refractivity contribution >= 4 is 11.9 Å². The monoisotopic (exact) mass is 392 g/mol. The van der Waals surface area contributed by atoms with Gasteiger partial charge in [0.1, 0.15) is 0 Å². The van der Waals surface area contributed by atoms with Crippen LogP contribution in [0.1, 0.15) is 43.2 Å². The largest absolute Gasteiger partial charge is 0.416 e. The van der Waals surface area contributed by atoms with E-state index in [0.717, 1.165) is 31.5 Å². The van der Waals surface area contributed by atoms with Crippen molar-refractivity contribution in [3.63, 3.8) is 0 Å². The van der Waals surface area contributed by atoms with Crippen LogP contribution in [0.4, 0.5) is 19.1 Å². The van der Waals surface area contributed by atoms with E-state index in [1.165, 1.54) is 12.1 Å². The van der Waals surface area contributed by atoms with E-state index in [1.807, 2.05) is 11.8 Å². The normalized spacial score (nSPS) is 18.6. The van der Waals surface area contributed by atoms with Gasteiger partial charge in [0.2, 0.25) is 11.9 Å². The first-order chi connectivity index (χ1) is 13.3. The lowest BCUT2D eigenvalue weighted by Crippen LogP contribution is -2.48. The lowest BCUT2D eigenvalue weighted by atomic mass is 9.96. The number of amides is 1. The smallest absolute Gasteiger partial charge is 0.352 e. The van der Waals surface area contributed by atoms with E-state index in [4.69, 9.17) is 0 Å². The maximum Gasteiger partial charge on any atom is 0.416 e. The van der Waals surface area contributed by atoms with Crippen molar-refractivity contribution in [3.8, 4) is 0 Å². The number of carbonyl (C=O) groups is 1. The quantitative estimate of drug-likeness (QED) is 0.842. The second-order valence-electron chi connectivity index (χ2n) is 7.13. The Balaban J connectivity index is 1.53. The molecule has 1 aliphatic heterocycles. The third-order valence-electron chi connectivity index (χ3n) is 4.92. The molecule has 2 unspecified atom stereocenters. The highest BCUT2D eigenvalue weighted by atomic mass is 19.4. The minimum Gasteiger partial charge on any atom is -0.352 e. The first-order valence-electron chi connectivity index (χ1n) is 9.31. The third kappa shape index (κ3) is 5.21. The van der Waals surface area contributed by atoms with Crippen molar-refractivity contribution in [1.29, 1.82) is 0 Å². The molecule has 1 fully saturated rings. The zero-order valence-electron chi connectivity index (χ0n) is 15.6. The number of nitrogens with one attached hydrogen (secondary N) is 1. The molecule has 5 nitrogen and oxygen atoms in total. The molecule has 1 saturated heterocycles.